The van der Waals surface area contributed by atoms with Crippen molar-refractivity contribution < 1.29 is 0 Å². The van der Waals surface area contributed by atoms with Crippen molar-refractivity contribution in [2.24, 2.45) is 0 Å². The van der Waals surface area contributed by atoms with Crippen molar-refractivity contribution in [3.8, 4) is 0 Å². The lowest BCUT2D eigenvalue weighted by Gasteiger charge is -2.11. The molecule has 3 rings (SSSR count). The maximum absolute atomic E-state index is 2.19. The summed E-state index contributed by atoms with van der Waals surface area (Å²) in [4.78, 5) is 2.10. The van der Waals surface area contributed by atoms with Crippen molar-refractivity contribution in [2.45, 2.75) is 0 Å². The van der Waals surface area contributed by atoms with Gasteiger partial charge in [0.2, 0.25) is 11.4 Å². The molecule has 0 unspecified atom stereocenters. The molecule has 0 radical (unpaired) electrons. The summed E-state index contributed by atoms with van der Waals surface area (Å²) in [5.74, 6) is 0. The summed E-state index contributed by atoms with van der Waals surface area (Å²) in [5.41, 5.74) is 4.67. The predicted molar refractivity (Wildman–Crippen MR) is 110 cm³/mol. The molecule has 0 amide bonds. The third-order valence-corrected chi connectivity index (χ3v) is 4.00. The summed E-state index contributed by atoms with van der Waals surface area (Å²) in [6.07, 6.45) is 6.31. The van der Waals surface area contributed by atoms with Gasteiger partial charge in [0.15, 0.2) is 6.21 Å². The second kappa shape index (κ2) is 8.11. The molecule has 0 aromatic heterocycles. The van der Waals surface area contributed by atoms with Crippen molar-refractivity contribution in [1.29, 1.82) is 0 Å². The number of hydrogen-bond donors (Lipinski definition) is 0. The summed E-state index contributed by atoms with van der Waals surface area (Å²) in [6, 6.07) is 29.3. The van der Waals surface area contributed by atoms with E-state index in [1.165, 1.54) is 11.3 Å². The van der Waals surface area contributed by atoms with Gasteiger partial charge >= 0.3 is 0 Å². The van der Waals surface area contributed by atoms with E-state index in [0.29, 0.717) is 0 Å². The lowest BCUT2D eigenvalue weighted by atomic mass is 10.2. The minimum absolute atomic E-state index is 1.14. The van der Waals surface area contributed by atoms with Gasteiger partial charge in [-0.3, -0.25) is 0 Å². The molecule has 0 N–H and O–H groups in total. The van der Waals surface area contributed by atoms with Crippen LogP contribution in [0.25, 0.3) is 6.08 Å². The van der Waals surface area contributed by atoms with Crippen LogP contribution in [0.15, 0.2) is 91.0 Å². The van der Waals surface area contributed by atoms with E-state index in [2.05, 4.69) is 115 Å². The van der Waals surface area contributed by atoms with Gasteiger partial charge in [0.1, 0.15) is 0 Å². The number of nitrogens with zero attached hydrogens (tertiary/aromatic N) is 2. The lowest BCUT2D eigenvalue weighted by molar-refractivity contribution is 1.10. The van der Waals surface area contributed by atoms with Gasteiger partial charge < -0.3 is 4.90 Å². The second-order valence-electron chi connectivity index (χ2n) is 6.04. The first-order chi connectivity index (χ1) is 12.2. The number of anilines is 1. The molecule has 2 heteroatoms. The molecule has 2 nitrogen and oxygen atoms in total. The van der Waals surface area contributed by atoms with Gasteiger partial charge in [0, 0.05) is 50.1 Å². The van der Waals surface area contributed by atoms with E-state index in [1.54, 1.807) is 0 Å². The highest BCUT2D eigenvalue weighted by Gasteiger charge is 2.10. The number of rotatable bonds is 5. The van der Waals surface area contributed by atoms with Gasteiger partial charge in [-0.1, -0.05) is 48.5 Å². The van der Waals surface area contributed by atoms with Crippen LogP contribution < -0.4 is 9.48 Å². The highest BCUT2D eigenvalue weighted by Crippen LogP contribution is 2.19. The Morgan fingerprint density at radius 2 is 1.20 bits per heavy atom. The number of benzene rings is 3. The Labute approximate surface area is 150 Å². The molecule has 25 heavy (non-hydrogen) atoms. The Hall–Kier alpha value is -3.13. The molecule has 0 bridgehead atoms. The minimum Gasteiger partial charge on any atom is -0.378 e. The van der Waals surface area contributed by atoms with Crippen molar-refractivity contribution in [2.75, 3.05) is 19.0 Å². The van der Waals surface area contributed by atoms with Crippen molar-refractivity contribution >= 4 is 29.4 Å². The zero-order valence-electron chi connectivity index (χ0n) is 14.7. The van der Waals surface area contributed by atoms with Crippen molar-refractivity contribution in [3.63, 3.8) is 0 Å². The molecule has 0 aliphatic carbocycles. The standard InChI is InChI=1S/C23H23N2/c1-24(2)21-17-15-20(16-18-21)10-9-19-25(22-11-5-3-6-12-22)23-13-7-4-8-14-23/h3-19H,1-2H3/q+1. The number of hydrogen-bond acceptors (Lipinski definition) is 1. The van der Waals surface area contributed by atoms with Crippen LogP contribution in [0.5, 0.6) is 0 Å². The summed E-state index contributed by atoms with van der Waals surface area (Å²) in [7, 11) is 4.10. The van der Waals surface area contributed by atoms with E-state index in [9.17, 15) is 0 Å². The van der Waals surface area contributed by atoms with Crippen LogP contribution in [0.4, 0.5) is 17.1 Å². The zero-order valence-corrected chi connectivity index (χ0v) is 14.7. The molecule has 0 aliphatic rings. The molecule has 0 spiro atoms. The van der Waals surface area contributed by atoms with Crippen molar-refractivity contribution in [3.05, 3.63) is 96.6 Å². The van der Waals surface area contributed by atoms with Gasteiger partial charge in [-0.15, -0.1) is 0 Å². The van der Waals surface area contributed by atoms with E-state index < -0.39 is 0 Å². The molecule has 0 heterocycles. The molecule has 0 saturated heterocycles. The van der Waals surface area contributed by atoms with Crippen LogP contribution in [0.2, 0.25) is 0 Å². The Kier molecular flexibility index (Phi) is 5.43. The Morgan fingerprint density at radius 3 is 1.68 bits per heavy atom. The lowest BCUT2D eigenvalue weighted by Crippen LogP contribution is -2.07. The van der Waals surface area contributed by atoms with E-state index >= 15 is 0 Å². The predicted octanol–water partition coefficient (Wildman–Crippen LogP) is 5.37. The summed E-state index contributed by atoms with van der Waals surface area (Å²) < 4.78 is 2.19. The van der Waals surface area contributed by atoms with Gasteiger partial charge in [-0.25, -0.2) is 0 Å². The molecule has 0 atom stereocenters. The van der Waals surface area contributed by atoms with Gasteiger partial charge in [-0.05, 0) is 23.8 Å². The number of para-hydroxylation sites is 2. The first-order valence-electron chi connectivity index (χ1n) is 8.42. The Balaban J connectivity index is 1.88. The maximum atomic E-state index is 2.19. The Morgan fingerprint density at radius 1 is 0.680 bits per heavy atom. The van der Waals surface area contributed by atoms with Crippen LogP contribution >= 0.6 is 0 Å². The van der Waals surface area contributed by atoms with E-state index in [-0.39, 0.29) is 0 Å². The highest BCUT2D eigenvalue weighted by atomic mass is 15.1. The molecule has 3 aromatic carbocycles. The Bertz CT molecular complexity index is 804. The van der Waals surface area contributed by atoms with Gasteiger partial charge in [0.25, 0.3) is 0 Å². The summed E-state index contributed by atoms with van der Waals surface area (Å²) >= 11 is 0. The zero-order chi connectivity index (χ0) is 17.5. The SMILES string of the molecule is CN(C)c1ccc(C=CC=[N+](c2ccccc2)c2ccccc2)cc1. The van der Waals surface area contributed by atoms with Crippen LogP contribution in [-0.2, 0) is 0 Å². The third kappa shape index (κ3) is 4.45. The average Bonchev–Trinajstić information content (AvgIpc) is 2.67. The third-order valence-electron chi connectivity index (χ3n) is 4.00. The smallest absolute Gasteiger partial charge is 0.211 e. The summed E-state index contributed by atoms with van der Waals surface area (Å²) in [5, 5.41) is 0. The van der Waals surface area contributed by atoms with Gasteiger partial charge in [-0.2, -0.15) is 4.58 Å². The largest absolute Gasteiger partial charge is 0.378 e. The fourth-order valence-corrected chi connectivity index (χ4v) is 2.62. The normalized spacial score (nSPS) is 10.6. The van der Waals surface area contributed by atoms with Crippen LogP contribution in [0.3, 0.4) is 0 Å². The molecular weight excluding hydrogens is 304 g/mol. The quantitative estimate of drug-likeness (QED) is 0.451. The minimum atomic E-state index is 1.14. The topological polar surface area (TPSA) is 6.25 Å². The fraction of sp³-hybridized carbons (Fsp3) is 0.0870. The first kappa shape index (κ1) is 16.7. The molecule has 0 saturated carbocycles. The van der Waals surface area contributed by atoms with Gasteiger partial charge in [0.05, 0.1) is 0 Å². The van der Waals surface area contributed by atoms with Crippen LogP contribution in [0, 0.1) is 0 Å². The van der Waals surface area contributed by atoms with E-state index in [0.717, 1.165) is 11.4 Å². The molecule has 0 fully saturated rings. The second-order valence-corrected chi connectivity index (χ2v) is 6.04. The van der Waals surface area contributed by atoms with Crippen LogP contribution in [0.1, 0.15) is 5.56 Å². The molecule has 3 aromatic rings. The highest BCUT2D eigenvalue weighted by molar-refractivity contribution is 5.84. The van der Waals surface area contributed by atoms with E-state index in [1.807, 2.05) is 12.1 Å². The average molecular weight is 327 g/mol. The molecule has 124 valence electrons. The van der Waals surface area contributed by atoms with E-state index in [4.69, 9.17) is 0 Å². The fourth-order valence-electron chi connectivity index (χ4n) is 2.62. The molecular formula is C23H23N2+. The maximum Gasteiger partial charge on any atom is 0.211 e. The first-order valence-corrected chi connectivity index (χ1v) is 8.42. The summed E-state index contributed by atoms with van der Waals surface area (Å²) in [6.45, 7) is 0. The van der Waals surface area contributed by atoms with Crippen LogP contribution in [-0.4, -0.2) is 20.3 Å². The number of allylic oxidation sites excluding steroid dienone is 1. The molecule has 0 aliphatic heterocycles. The van der Waals surface area contributed by atoms with Crippen molar-refractivity contribution in [1.82, 2.24) is 4.58 Å². The monoisotopic (exact) mass is 327 g/mol.